The van der Waals surface area contributed by atoms with Crippen LogP contribution < -0.4 is 26.3 Å². The molecule has 6 aromatic rings. The summed E-state index contributed by atoms with van der Waals surface area (Å²) in [6.45, 7) is 8.51. The zero-order chi connectivity index (χ0) is 51.6. The number of aryl methyl sites for hydroxylation is 4. The number of carbonyl (C=O) groups is 1. The Morgan fingerprint density at radius 3 is 2.12 bits per heavy atom. The summed E-state index contributed by atoms with van der Waals surface area (Å²) in [6, 6.07) is 8.57. The van der Waals surface area contributed by atoms with Gasteiger partial charge in [0.15, 0.2) is 11.6 Å². The first-order chi connectivity index (χ1) is 32.0. The standard InChI is InChI=1S/C20H21FN6O2.C12H10BrFIN3O.C7H12BrN3.CH3I.5HI.2V/c1-10-17-15-8-23-18(22)19(24-15)29-11(2)14-7-12(21)5-6-13(14)20(28)26(3)9-16(17)27(4)25-10;1-6(8-4-7(14)2-3-9(8)15)19-12-11(16)17-5-10(13)18-12;1-5-7(8)6(4-9-2)11(3)10-5;1-2;;;;;;;/h5-8,11H,9H2,1-4H3,(H2,22,23);2-6H,1H3,(H2,16,17);9H,4H2,1-3H3;1H3;5*1H;;/q;;;;;;;;;+2;+3/p-5. The summed E-state index contributed by atoms with van der Waals surface area (Å²) in [5.74, 6) is -0.354. The van der Waals surface area contributed by atoms with Crippen molar-refractivity contribution in [2.45, 2.75) is 53.0 Å². The van der Waals surface area contributed by atoms with Crippen molar-refractivity contribution in [2.24, 2.45) is 14.1 Å². The van der Waals surface area contributed by atoms with E-state index < -0.39 is 11.9 Å². The fraction of sp³-hybridized carbons (Fsp3) is 0.325. The van der Waals surface area contributed by atoms with Crippen molar-refractivity contribution >= 4 is 194 Å². The van der Waals surface area contributed by atoms with E-state index in [0.29, 0.717) is 37.4 Å². The third-order valence-electron chi connectivity index (χ3n) is 9.10. The van der Waals surface area contributed by atoms with Crippen molar-refractivity contribution < 1.29 is 37.4 Å². The van der Waals surface area contributed by atoms with E-state index in [-0.39, 0.29) is 46.1 Å². The van der Waals surface area contributed by atoms with Gasteiger partial charge in [0.1, 0.15) is 28.4 Å². The Labute approximate surface area is 506 Å². The zero-order valence-electron chi connectivity index (χ0n) is 37.6. The van der Waals surface area contributed by atoms with E-state index in [9.17, 15) is 13.6 Å². The van der Waals surface area contributed by atoms with Crippen LogP contribution in [0.5, 0.6) is 11.8 Å². The van der Waals surface area contributed by atoms with Gasteiger partial charge in [-0.1, -0.05) is 22.6 Å². The number of nitrogens with zero attached hydrogens (tertiary/aromatic N) is 9. The van der Waals surface area contributed by atoms with Gasteiger partial charge in [-0.25, -0.2) is 28.7 Å². The minimum atomic E-state index is -0.668. The SMILES string of the molecule is CC(Oc1nc(Br)cnc1N)c1cc(F)ccc1I.CI.CNCc1c(Br)c(C)nn1C.Cc1nn(C)c2c1-c1cnc(N)c(n1)OC(C)c1cc(F)ccc1C(=O)N(C)C2.[I][V]([I])[I].[I][V][I]. The van der Waals surface area contributed by atoms with Gasteiger partial charge in [-0.3, -0.25) is 14.2 Å². The third kappa shape index (κ3) is 20.1. The van der Waals surface area contributed by atoms with Crippen LogP contribution in [-0.4, -0.2) is 69.3 Å². The molecule has 0 saturated heterocycles. The van der Waals surface area contributed by atoms with Crippen LogP contribution in [-0.2, 0) is 41.6 Å². The molecule has 2 unspecified atom stereocenters. The Hall–Kier alpha value is 0.749. The van der Waals surface area contributed by atoms with Gasteiger partial charge in [-0.2, -0.15) is 10.2 Å². The molecule has 28 heteroatoms. The van der Waals surface area contributed by atoms with E-state index in [1.54, 1.807) is 42.7 Å². The number of anilines is 2. The summed E-state index contributed by atoms with van der Waals surface area (Å²) in [4.78, 5) is 33.2. The van der Waals surface area contributed by atoms with Crippen LogP contribution in [0.3, 0.4) is 0 Å². The van der Waals surface area contributed by atoms with Gasteiger partial charge >= 0.3 is 114 Å². The van der Waals surface area contributed by atoms with E-state index in [0.717, 1.165) is 42.8 Å². The molecular formula is C40H46Br2F2I7N12O3V2. The molecule has 2 aromatic carbocycles. The molecule has 371 valence electrons. The average Bonchev–Trinajstić information content (AvgIpc) is 3.70. The van der Waals surface area contributed by atoms with E-state index in [1.807, 2.05) is 44.6 Å². The monoisotopic (exact) mass is 1930 g/mol. The molecule has 5 heterocycles. The van der Waals surface area contributed by atoms with Crippen molar-refractivity contribution in [1.29, 1.82) is 0 Å². The number of aromatic nitrogens is 8. The second kappa shape index (κ2) is 32.9. The number of amides is 1. The number of hydrogen-bond acceptors (Lipinski definition) is 12. The van der Waals surface area contributed by atoms with Gasteiger partial charge < -0.3 is 31.2 Å². The Morgan fingerprint density at radius 2 is 1.53 bits per heavy atom. The number of nitrogens with two attached hydrogens (primary N) is 2. The Bertz CT molecular complexity index is 2590. The van der Waals surface area contributed by atoms with Gasteiger partial charge in [-0.15, -0.1) is 0 Å². The van der Waals surface area contributed by atoms with Crippen LogP contribution >= 0.6 is 177 Å². The summed E-state index contributed by atoms with van der Waals surface area (Å²) < 4.78 is 44.9. The van der Waals surface area contributed by atoms with Gasteiger partial charge in [0.2, 0.25) is 0 Å². The quantitative estimate of drug-likeness (QED) is 0.110. The molecule has 15 nitrogen and oxygen atoms in total. The van der Waals surface area contributed by atoms with Crippen LogP contribution in [0.2, 0.25) is 0 Å². The predicted molar refractivity (Wildman–Crippen MR) is 325 cm³/mol. The topological polar surface area (TPSA) is 190 Å². The molecule has 0 saturated carbocycles. The van der Waals surface area contributed by atoms with Gasteiger partial charge in [0.05, 0.1) is 51.9 Å². The summed E-state index contributed by atoms with van der Waals surface area (Å²) in [6.07, 6.45) is 1.99. The van der Waals surface area contributed by atoms with E-state index in [2.05, 4.69) is 212 Å². The first-order valence-corrected chi connectivity index (χ1v) is 46.6. The summed E-state index contributed by atoms with van der Waals surface area (Å²) >= 11 is 23.1. The number of nitrogens with one attached hydrogen (secondary N) is 1. The average molecular weight is 1930 g/mol. The first kappa shape index (κ1) is 64.9. The molecule has 1 aliphatic rings. The number of carbonyl (C=O) groups excluding carboxylic acids is 1. The molecule has 1 aliphatic heterocycles. The number of halogens is 11. The molecule has 4 aromatic heterocycles. The van der Waals surface area contributed by atoms with E-state index in [4.69, 9.17) is 20.9 Å². The summed E-state index contributed by atoms with van der Waals surface area (Å²) in [7, 11) is 8.00. The molecule has 0 radical (unpaired) electrons. The van der Waals surface area contributed by atoms with Gasteiger partial charge in [0.25, 0.3) is 17.7 Å². The van der Waals surface area contributed by atoms with E-state index >= 15 is 0 Å². The van der Waals surface area contributed by atoms with Crippen molar-refractivity contribution in [3.63, 3.8) is 0 Å². The van der Waals surface area contributed by atoms with Crippen LogP contribution in [0.15, 0.2) is 57.9 Å². The van der Waals surface area contributed by atoms with Gasteiger partial charge in [0, 0.05) is 53.5 Å². The van der Waals surface area contributed by atoms with Crippen molar-refractivity contribution in [3.8, 4) is 23.0 Å². The summed E-state index contributed by atoms with van der Waals surface area (Å²) in [5, 5.41) is 11.8. The van der Waals surface area contributed by atoms with Crippen LogP contribution in [0.4, 0.5) is 20.4 Å². The maximum atomic E-state index is 14.0. The molecular weight excluding hydrogens is 1880 g/mol. The molecule has 2 bridgehead atoms. The Kier molecular flexibility index (Phi) is 31.4. The van der Waals surface area contributed by atoms with Crippen LogP contribution in [0.25, 0.3) is 11.3 Å². The number of hydrogen-bond donors (Lipinski definition) is 3. The first-order valence-electron chi connectivity index (χ1n) is 19.2. The van der Waals surface area contributed by atoms with Crippen LogP contribution in [0, 0.1) is 29.1 Å². The number of rotatable bonds is 5. The number of ether oxygens (including phenoxy) is 2. The number of alkyl halides is 1. The third-order valence-corrected chi connectivity index (χ3v) is 11.5. The molecule has 0 aliphatic carbocycles. The normalized spacial score (nSPS) is 12.9. The van der Waals surface area contributed by atoms with Crippen molar-refractivity contribution in [1.82, 2.24) is 49.7 Å². The molecule has 7 rings (SSSR count). The number of benzene rings is 2. The fourth-order valence-corrected chi connectivity index (χ4v) is 7.66. The number of fused-ring (bicyclic) bond motifs is 5. The molecule has 68 heavy (non-hydrogen) atoms. The predicted octanol–water partition coefficient (Wildman–Crippen LogP) is 13.0. The molecule has 5 N–H and O–H groups in total. The second-order valence-corrected chi connectivity index (χ2v) is 63.6. The molecule has 2 atom stereocenters. The fourth-order valence-electron chi connectivity index (χ4n) is 6.15. The zero-order valence-corrected chi connectivity index (χ0v) is 58.7. The second-order valence-electron chi connectivity index (χ2n) is 13.7. The number of nitrogen functional groups attached to an aromatic ring is 2. The van der Waals surface area contributed by atoms with Crippen molar-refractivity contribution in [3.05, 3.63) is 113 Å². The van der Waals surface area contributed by atoms with Gasteiger partial charge in [-0.05, 0) is 131 Å². The summed E-state index contributed by atoms with van der Waals surface area (Å²) in [5.41, 5.74) is 18.2. The minimum absolute atomic E-state index is 0.113. The van der Waals surface area contributed by atoms with Crippen molar-refractivity contribution in [2.75, 3.05) is 30.5 Å². The molecule has 0 fully saturated rings. The molecule has 1 amide bonds. The van der Waals surface area contributed by atoms with E-state index in [1.165, 1.54) is 42.2 Å². The molecule has 0 spiro atoms. The Balaban J connectivity index is 0.000000348. The maximum absolute atomic E-state index is 14.0. The van der Waals surface area contributed by atoms with Crippen LogP contribution in [0.1, 0.15) is 70.3 Å². The Morgan fingerprint density at radius 1 is 0.956 bits per heavy atom.